The summed E-state index contributed by atoms with van der Waals surface area (Å²) < 4.78 is 5.76. The Kier molecular flexibility index (Phi) is 4.15. The van der Waals surface area contributed by atoms with Crippen molar-refractivity contribution in [3.05, 3.63) is 35.7 Å². The standard InChI is InChI=1S/C19H23N3O5/c23-8-15-16(24)17(25)18(26)19(27-15)22-6-9-3-10(7-22)12-5-14-13(4-11(9)12)20-1-2-21-14/h1-2,4-5,9-10,15-19,23-26H,3,6-8H2/t9?,10?,15?,16-,17+,18?,19-/m0/s1. The second-order valence-electron chi connectivity index (χ2n) is 7.83. The molecule has 3 heterocycles. The van der Waals surface area contributed by atoms with Gasteiger partial charge in [0.2, 0.25) is 0 Å². The molecule has 0 spiro atoms. The van der Waals surface area contributed by atoms with Crippen LogP contribution < -0.4 is 0 Å². The molecule has 1 aromatic carbocycles. The molecule has 0 saturated carbocycles. The van der Waals surface area contributed by atoms with Crippen molar-refractivity contribution in [2.75, 3.05) is 19.7 Å². The van der Waals surface area contributed by atoms with E-state index < -0.39 is 37.3 Å². The first kappa shape index (κ1) is 17.4. The summed E-state index contributed by atoms with van der Waals surface area (Å²) in [6.45, 7) is 0.945. The molecule has 144 valence electrons. The third-order valence-corrected chi connectivity index (χ3v) is 6.26. The number of benzene rings is 1. The molecule has 4 N–H and O–H groups in total. The fourth-order valence-corrected chi connectivity index (χ4v) is 4.93. The lowest BCUT2D eigenvalue weighted by Gasteiger charge is -2.46. The Balaban J connectivity index is 1.44. The molecule has 2 fully saturated rings. The van der Waals surface area contributed by atoms with Crippen LogP contribution >= 0.6 is 0 Å². The van der Waals surface area contributed by atoms with E-state index in [2.05, 4.69) is 22.1 Å². The first-order chi connectivity index (χ1) is 13.1. The molecule has 3 aliphatic rings. The van der Waals surface area contributed by atoms with Gasteiger partial charge in [-0.25, -0.2) is 0 Å². The number of nitrogens with zero attached hydrogens (tertiary/aromatic N) is 3. The molecule has 5 rings (SSSR count). The zero-order valence-corrected chi connectivity index (χ0v) is 14.7. The van der Waals surface area contributed by atoms with E-state index in [1.54, 1.807) is 12.4 Å². The van der Waals surface area contributed by atoms with Gasteiger partial charge >= 0.3 is 0 Å². The van der Waals surface area contributed by atoms with Crippen LogP contribution in [0.15, 0.2) is 24.5 Å². The predicted molar refractivity (Wildman–Crippen MR) is 95.0 cm³/mol. The molecule has 2 bridgehead atoms. The van der Waals surface area contributed by atoms with Gasteiger partial charge in [-0.2, -0.15) is 0 Å². The maximum atomic E-state index is 10.5. The number of likely N-dealkylation sites (tertiary alicyclic amines) is 1. The molecule has 2 aliphatic heterocycles. The average molecular weight is 373 g/mol. The lowest BCUT2D eigenvalue weighted by atomic mass is 9.92. The summed E-state index contributed by atoms with van der Waals surface area (Å²) in [6.07, 6.45) is -1.14. The van der Waals surface area contributed by atoms with Crippen LogP contribution in [0.4, 0.5) is 0 Å². The number of aliphatic hydroxyl groups is 4. The van der Waals surface area contributed by atoms with E-state index in [1.165, 1.54) is 11.1 Å². The molecule has 0 amide bonds. The van der Waals surface area contributed by atoms with Crippen LogP contribution in [0, 0.1) is 0 Å². The highest BCUT2D eigenvalue weighted by atomic mass is 16.6. The third-order valence-electron chi connectivity index (χ3n) is 6.26. The molecule has 27 heavy (non-hydrogen) atoms. The quantitative estimate of drug-likeness (QED) is 0.547. The van der Waals surface area contributed by atoms with Gasteiger partial charge in [-0.15, -0.1) is 0 Å². The lowest BCUT2D eigenvalue weighted by Crippen LogP contribution is -2.64. The lowest BCUT2D eigenvalue weighted by molar-refractivity contribution is -0.267. The van der Waals surface area contributed by atoms with Gasteiger partial charge in [0.1, 0.15) is 30.6 Å². The van der Waals surface area contributed by atoms with Crippen molar-refractivity contribution in [3.63, 3.8) is 0 Å². The molecule has 1 aliphatic carbocycles. The maximum Gasteiger partial charge on any atom is 0.140 e. The Morgan fingerprint density at radius 1 is 0.926 bits per heavy atom. The monoisotopic (exact) mass is 373 g/mol. The predicted octanol–water partition coefficient (Wildman–Crippen LogP) is -0.684. The van der Waals surface area contributed by atoms with Gasteiger partial charge in [-0.05, 0) is 41.5 Å². The van der Waals surface area contributed by atoms with Crippen molar-refractivity contribution in [2.45, 2.75) is 48.9 Å². The second-order valence-corrected chi connectivity index (χ2v) is 7.83. The van der Waals surface area contributed by atoms with Crippen LogP contribution in [0.1, 0.15) is 29.4 Å². The highest BCUT2D eigenvalue weighted by molar-refractivity contribution is 5.77. The van der Waals surface area contributed by atoms with E-state index >= 15 is 0 Å². The number of ether oxygens (including phenoxy) is 1. The number of hydrogen-bond acceptors (Lipinski definition) is 8. The molecule has 2 aromatic rings. The summed E-state index contributed by atoms with van der Waals surface area (Å²) in [6, 6.07) is 4.22. The van der Waals surface area contributed by atoms with E-state index in [4.69, 9.17) is 4.74 Å². The summed E-state index contributed by atoms with van der Waals surface area (Å²) in [5.74, 6) is 0.579. The summed E-state index contributed by atoms with van der Waals surface area (Å²) in [4.78, 5) is 10.8. The number of fused-ring (bicyclic) bond motifs is 6. The van der Waals surface area contributed by atoms with Gasteiger partial charge < -0.3 is 25.2 Å². The van der Waals surface area contributed by atoms with Crippen molar-refractivity contribution in [1.82, 2.24) is 14.9 Å². The van der Waals surface area contributed by atoms with Crippen molar-refractivity contribution < 1.29 is 25.2 Å². The van der Waals surface area contributed by atoms with Crippen molar-refractivity contribution >= 4 is 11.0 Å². The minimum absolute atomic E-state index is 0.289. The van der Waals surface area contributed by atoms with Gasteiger partial charge in [0, 0.05) is 25.5 Å². The molecule has 4 unspecified atom stereocenters. The highest BCUT2D eigenvalue weighted by Crippen LogP contribution is 2.47. The molecule has 8 nitrogen and oxygen atoms in total. The minimum Gasteiger partial charge on any atom is -0.394 e. The van der Waals surface area contributed by atoms with Crippen LogP contribution in [0.5, 0.6) is 0 Å². The Labute approximate surface area is 156 Å². The third kappa shape index (κ3) is 2.67. The molecular weight excluding hydrogens is 350 g/mol. The SMILES string of the molecule is OCC1O[C@H](N2CC3CC(C2)c2cc4nccnc4cc23)C(O)[C@H](O)[C@H]1O. The largest absolute Gasteiger partial charge is 0.394 e. The maximum absolute atomic E-state index is 10.5. The van der Waals surface area contributed by atoms with E-state index in [0.29, 0.717) is 13.1 Å². The van der Waals surface area contributed by atoms with Crippen LogP contribution in [-0.4, -0.2) is 85.6 Å². The van der Waals surface area contributed by atoms with Crippen LogP contribution in [0.3, 0.4) is 0 Å². The Morgan fingerprint density at radius 2 is 1.52 bits per heavy atom. The van der Waals surface area contributed by atoms with E-state index in [1.807, 2.05) is 4.90 Å². The summed E-state index contributed by atoms with van der Waals surface area (Å²) in [7, 11) is 0. The van der Waals surface area contributed by atoms with Gasteiger partial charge in [-0.3, -0.25) is 14.9 Å². The van der Waals surface area contributed by atoms with Crippen molar-refractivity contribution in [3.8, 4) is 0 Å². The van der Waals surface area contributed by atoms with Crippen LogP contribution in [-0.2, 0) is 4.74 Å². The van der Waals surface area contributed by atoms with Gasteiger partial charge in [0.25, 0.3) is 0 Å². The van der Waals surface area contributed by atoms with Crippen molar-refractivity contribution in [1.29, 1.82) is 0 Å². The second kappa shape index (κ2) is 6.44. The number of aliphatic hydroxyl groups excluding tert-OH is 4. The fourth-order valence-electron chi connectivity index (χ4n) is 4.93. The van der Waals surface area contributed by atoms with E-state index in [9.17, 15) is 20.4 Å². The fraction of sp³-hybridized carbons (Fsp3) is 0.579. The molecule has 0 radical (unpaired) electrons. The van der Waals surface area contributed by atoms with E-state index in [-0.39, 0.29) is 11.8 Å². The summed E-state index contributed by atoms with van der Waals surface area (Å²) in [5, 5.41) is 40.0. The number of hydrogen-bond donors (Lipinski definition) is 4. The number of piperidine rings is 1. The van der Waals surface area contributed by atoms with Crippen LogP contribution in [0.25, 0.3) is 11.0 Å². The first-order valence-corrected chi connectivity index (χ1v) is 9.36. The molecular formula is C19H23N3O5. The normalized spacial score (nSPS) is 38.9. The minimum atomic E-state index is -1.35. The Hall–Kier alpha value is -1.68. The number of rotatable bonds is 2. The smallest absolute Gasteiger partial charge is 0.140 e. The summed E-state index contributed by atoms with van der Waals surface area (Å²) in [5.41, 5.74) is 4.28. The first-order valence-electron chi connectivity index (χ1n) is 9.36. The molecule has 1 aromatic heterocycles. The van der Waals surface area contributed by atoms with Crippen LogP contribution in [0.2, 0.25) is 0 Å². The highest BCUT2D eigenvalue weighted by Gasteiger charge is 2.49. The Morgan fingerprint density at radius 3 is 2.07 bits per heavy atom. The van der Waals surface area contributed by atoms with E-state index in [0.717, 1.165) is 17.5 Å². The molecule has 7 atom stereocenters. The van der Waals surface area contributed by atoms with Crippen molar-refractivity contribution in [2.24, 2.45) is 0 Å². The van der Waals surface area contributed by atoms with Gasteiger partial charge in [0.05, 0.1) is 17.6 Å². The summed E-state index contributed by atoms with van der Waals surface area (Å²) >= 11 is 0. The zero-order chi connectivity index (χ0) is 18.7. The Bertz CT molecular complexity index is 812. The zero-order valence-electron chi connectivity index (χ0n) is 14.7. The average Bonchev–Trinajstić information content (AvgIpc) is 2.94. The molecule has 8 heteroatoms. The number of aromatic nitrogens is 2. The van der Waals surface area contributed by atoms with Gasteiger partial charge in [0.15, 0.2) is 0 Å². The van der Waals surface area contributed by atoms with Gasteiger partial charge in [-0.1, -0.05) is 0 Å². The topological polar surface area (TPSA) is 119 Å². The molecule has 2 saturated heterocycles.